The van der Waals surface area contributed by atoms with Gasteiger partial charge in [0.1, 0.15) is 17.4 Å². The highest BCUT2D eigenvalue weighted by molar-refractivity contribution is 6.00. The summed E-state index contributed by atoms with van der Waals surface area (Å²) in [5, 5.41) is 24.4. The van der Waals surface area contributed by atoms with Crippen molar-refractivity contribution in [2.75, 3.05) is 26.7 Å². The molecule has 1 amide bonds. The average Bonchev–Trinajstić information content (AvgIpc) is 3.28. The second-order valence-electron chi connectivity index (χ2n) is 8.14. The van der Waals surface area contributed by atoms with Crippen LogP contribution in [0.5, 0.6) is 5.75 Å². The Morgan fingerprint density at radius 1 is 1.06 bits per heavy atom. The van der Waals surface area contributed by atoms with Crippen LogP contribution in [-0.2, 0) is 17.8 Å². The molecule has 2 aromatic carbocycles. The molecule has 0 radical (unpaired) electrons. The van der Waals surface area contributed by atoms with E-state index in [0.717, 1.165) is 40.7 Å². The van der Waals surface area contributed by atoms with Crippen molar-refractivity contribution < 1.29 is 9.53 Å². The fourth-order valence-electron chi connectivity index (χ4n) is 3.71. The predicted molar refractivity (Wildman–Crippen MR) is 137 cm³/mol. The molecular weight excluding hydrogens is 428 g/mol. The first-order valence-corrected chi connectivity index (χ1v) is 11.6. The van der Waals surface area contributed by atoms with Gasteiger partial charge in [0.2, 0.25) is 5.91 Å². The Kier molecular flexibility index (Phi) is 9.22. The summed E-state index contributed by atoms with van der Waals surface area (Å²) >= 11 is 0. The molecule has 5 N–H and O–H groups in total. The molecule has 0 saturated carbocycles. The van der Waals surface area contributed by atoms with Gasteiger partial charge in [0.05, 0.1) is 26.7 Å². The van der Waals surface area contributed by atoms with Gasteiger partial charge in [-0.05, 0) is 48.7 Å². The lowest BCUT2D eigenvalue weighted by atomic mass is 10.1. The number of amides is 1. The molecule has 8 nitrogen and oxygen atoms in total. The summed E-state index contributed by atoms with van der Waals surface area (Å²) in [6.07, 6.45) is 4.10. The monoisotopic (exact) mass is 462 g/mol. The maximum Gasteiger partial charge on any atom is 0.234 e. The highest BCUT2D eigenvalue weighted by Gasteiger charge is 2.17. The van der Waals surface area contributed by atoms with Gasteiger partial charge in [0, 0.05) is 23.5 Å². The number of carbonyl (C=O) groups is 1. The second kappa shape index (κ2) is 12.6. The maximum atomic E-state index is 12.1. The fourth-order valence-corrected chi connectivity index (χ4v) is 3.71. The number of H-pyrrole nitrogens is 1. The third-order valence-corrected chi connectivity index (χ3v) is 5.62. The Balaban J connectivity index is 1.66. The molecule has 3 aromatic rings. The van der Waals surface area contributed by atoms with Crippen molar-refractivity contribution in [2.45, 2.75) is 32.7 Å². The highest BCUT2D eigenvalue weighted by atomic mass is 16.5. The van der Waals surface area contributed by atoms with E-state index in [1.54, 1.807) is 12.0 Å². The van der Waals surface area contributed by atoms with E-state index in [0.29, 0.717) is 25.2 Å². The van der Waals surface area contributed by atoms with Crippen molar-refractivity contribution in [3.63, 3.8) is 0 Å². The minimum atomic E-state index is -0.159. The number of hydrogen-bond acceptors (Lipinski definition) is 5. The number of nitrogens with one attached hydrogen (secondary N) is 5. The van der Waals surface area contributed by atoms with Crippen LogP contribution in [0.1, 0.15) is 30.9 Å². The number of aromatic amines is 1. The maximum absolute atomic E-state index is 12.1. The molecule has 0 bridgehead atoms. The normalized spacial score (nSPS) is 10.8. The molecule has 8 heteroatoms. The number of amidine groups is 2. The van der Waals surface area contributed by atoms with Crippen molar-refractivity contribution in [2.24, 2.45) is 0 Å². The summed E-state index contributed by atoms with van der Waals surface area (Å²) in [6.45, 7) is 3.47. The number of fused-ring (bicyclic) bond motifs is 1. The van der Waals surface area contributed by atoms with E-state index in [1.165, 1.54) is 0 Å². The summed E-state index contributed by atoms with van der Waals surface area (Å²) in [4.78, 5) is 17.0. The van der Waals surface area contributed by atoms with Crippen molar-refractivity contribution in [3.05, 3.63) is 65.9 Å². The van der Waals surface area contributed by atoms with Gasteiger partial charge in [-0.1, -0.05) is 37.3 Å². The number of hydrogen-bond donors (Lipinski definition) is 5. The molecule has 0 fully saturated rings. The first-order valence-electron chi connectivity index (χ1n) is 11.6. The minimum Gasteiger partial charge on any atom is -0.497 e. The van der Waals surface area contributed by atoms with Gasteiger partial charge in [-0.15, -0.1) is 0 Å². The third kappa shape index (κ3) is 6.92. The molecule has 3 rings (SSSR count). The number of aryl methyl sites for hydroxylation is 1. The SMILES string of the molecule is CCCNCC(=O)NCC(=N)N(Cc1ccc(OC)cc1)C(=N)CCc1c[nH]c2ccccc12. The molecular formula is C26H34N6O2. The Labute approximate surface area is 200 Å². The first-order chi connectivity index (χ1) is 16.5. The van der Waals surface area contributed by atoms with E-state index in [4.69, 9.17) is 15.6 Å². The predicted octanol–water partition coefficient (Wildman–Crippen LogP) is 3.68. The molecule has 1 heterocycles. The molecule has 0 aliphatic heterocycles. The lowest BCUT2D eigenvalue weighted by Gasteiger charge is -2.26. The molecule has 0 aliphatic carbocycles. The highest BCUT2D eigenvalue weighted by Crippen LogP contribution is 2.20. The first kappa shape index (κ1) is 25.0. The van der Waals surface area contributed by atoms with Gasteiger partial charge in [-0.25, -0.2) is 0 Å². The van der Waals surface area contributed by atoms with Crippen LogP contribution >= 0.6 is 0 Å². The van der Waals surface area contributed by atoms with Gasteiger partial charge in [0.25, 0.3) is 0 Å². The lowest BCUT2D eigenvalue weighted by Crippen LogP contribution is -2.44. The molecule has 0 aliphatic rings. The lowest BCUT2D eigenvalue weighted by molar-refractivity contribution is -0.119. The Morgan fingerprint density at radius 3 is 2.56 bits per heavy atom. The molecule has 180 valence electrons. The van der Waals surface area contributed by atoms with Crippen LogP contribution in [0.2, 0.25) is 0 Å². The van der Waals surface area contributed by atoms with Gasteiger partial charge in [0.15, 0.2) is 0 Å². The topological polar surface area (TPSA) is 117 Å². The van der Waals surface area contributed by atoms with Crippen LogP contribution in [0.3, 0.4) is 0 Å². The smallest absolute Gasteiger partial charge is 0.234 e. The van der Waals surface area contributed by atoms with Crippen LogP contribution in [0.15, 0.2) is 54.7 Å². The zero-order valence-corrected chi connectivity index (χ0v) is 19.9. The Hall–Kier alpha value is -3.65. The third-order valence-electron chi connectivity index (χ3n) is 5.62. The van der Waals surface area contributed by atoms with Gasteiger partial charge < -0.3 is 25.3 Å². The summed E-state index contributed by atoms with van der Waals surface area (Å²) in [5.74, 6) is 1.12. The van der Waals surface area contributed by atoms with Crippen LogP contribution in [-0.4, -0.2) is 54.2 Å². The van der Waals surface area contributed by atoms with E-state index < -0.39 is 0 Å². The second-order valence-corrected chi connectivity index (χ2v) is 8.14. The summed E-state index contributed by atoms with van der Waals surface area (Å²) < 4.78 is 5.23. The number of rotatable bonds is 12. The number of methoxy groups -OCH3 is 1. The van der Waals surface area contributed by atoms with E-state index in [-0.39, 0.29) is 24.8 Å². The number of aromatic nitrogens is 1. The van der Waals surface area contributed by atoms with Crippen LogP contribution < -0.4 is 15.4 Å². The summed E-state index contributed by atoms with van der Waals surface area (Å²) in [6, 6.07) is 15.7. The van der Waals surface area contributed by atoms with E-state index in [2.05, 4.69) is 21.7 Å². The van der Waals surface area contributed by atoms with Crippen molar-refractivity contribution >= 4 is 28.5 Å². The number of benzene rings is 2. The zero-order chi connectivity index (χ0) is 24.3. The van der Waals surface area contributed by atoms with Gasteiger partial charge in [-0.3, -0.25) is 15.6 Å². The molecule has 34 heavy (non-hydrogen) atoms. The molecule has 0 unspecified atom stereocenters. The van der Waals surface area contributed by atoms with Gasteiger partial charge in [-0.2, -0.15) is 0 Å². The van der Waals surface area contributed by atoms with Crippen LogP contribution in [0.25, 0.3) is 10.9 Å². The average molecular weight is 463 g/mol. The quantitative estimate of drug-likeness (QED) is 0.160. The number of para-hydroxylation sites is 1. The molecule has 0 atom stereocenters. The number of ether oxygens (including phenoxy) is 1. The molecule has 0 spiro atoms. The summed E-state index contributed by atoms with van der Waals surface area (Å²) in [7, 11) is 1.62. The Bertz CT molecular complexity index is 1110. The minimum absolute atomic E-state index is 0.0677. The zero-order valence-electron chi connectivity index (χ0n) is 19.9. The van der Waals surface area contributed by atoms with E-state index in [9.17, 15) is 4.79 Å². The molecule has 1 aromatic heterocycles. The van der Waals surface area contributed by atoms with E-state index >= 15 is 0 Å². The van der Waals surface area contributed by atoms with Crippen LogP contribution in [0.4, 0.5) is 0 Å². The van der Waals surface area contributed by atoms with Crippen molar-refractivity contribution in [1.82, 2.24) is 20.5 Å². The fraction of sp³-hybridized carbons (Fsp3) is 0.346. The van der Waals surface area contributed by atoms with Gasteiger partial charge >= 0.3 is 0 Å². The number of nitrogens with zero attached hydrogens (tertiary/aromatic N) is 1. The Morgan fingerprint density at radius 2 is 1.82 bits per heavy atom. The molecule has 0 saturated heterocycles. The van der Waals surface area contributed by atoms with Crippen molar-refractivity contribution in [3.8, 4) is 5.75 Å². The van der Waals surface area contributed by atoms with E-state index in [1.807, 2.05) is 55.6 Å². The summed E-state index contributed by atoms with van der Waals surface area (Å²) in [5.41, 5.74) is 3.18. The largest absolute Gasteiger partial charge is 0.497 e. The standard InChI is InChI=1S/C26H34N6O2/c1-3-14-29-17-26(33)31-16-25(28)32(18-19-8-11-21(34-2)12-9-19)24(27)13-10-20-15-30-23-7-5-4-6-22(20)23/h4-9,11-12,15,27-30H,3,10,13-14,16-18H2,1-2H3,(H,31,33). The number of carbonyl (C=O) groups excluding carboxylic acids is 1. The van der Waals surface area contributed by atoms with Crippen LogP contribution in [0, 0.1) is 10.8 Å². The van der Waals surface area contributed by atoms with Crippen molar-refractivity contribution in [1.29, 1.82) is 10.8 Å².